The molecule has 20 heavy (non-hydrogen) atoms. The van der Waals surface area contributed by atoms with Crippen LogP contribution in [0.3, 0.4) is 0 Å². The van der Waals surface area contributed by atoms with Gasteiger partial charge in [0.25, 0.3) is 0 Å². The smallest absolute Gasteiger partial charge is 0.400 e. The maximum absolute atomic E-state index is 12.8. The van der Waals surface area contributed by atoms with E-state index in [4.69, 9.17) is 15.7 Å². The van der Waals surface area contributed by atoms with Crippen molar-refractivity contribution in [3.05, 3.63) is 22.7 Å². The Balaban J connectivity index is 2.91. The summed E-state index contributed by atoms with van der Waals surface area (Å²) in [6, 6.07) is 4.85. The van der Waals surface area contributed by atoms with Gasteiger partial charge in [0, 0.05) is 11.0 Å². The molecule has 1 aromatic rings. The molecule has 112 valence electrons. The minimum absolute atomic E-state index is 0.363. The molecule has 5 nitrogen and oxygen atoms in total. The molecule has 4 N–H and O–H groups in total. The van der Waals surface area contributed by atoms with Crippen molar-refractivity contribution < 1.29 is 23.1 Å². The molecule has 0 aliphatic heterocycles. The van der Waals surface area contributed by atoms with Gasteiger partial charge < -0.3 is 21.0 Å². The lowest BCUT2D eigenvalue weighted by atomic mass is 10.1. The molecule has 9 heteroatoms. The fourth-order valence-electron chi connectivity index (χ4n) is 1.49. The van der Waals surface area contributed by atoms with Gasteiger partial charge >= 0.3 is 6.18 Å². The van der Waals surface area contributed by atoms with Crippen molar-refractivity contribution in [3.8, 4) is 5.75 Å². The van der Waals surface area contributed by atoms with Gasteiger partial charge in [0.15, 0.2) is 5.84 Å². The Hall–Kier alpha value is -1.64. The number of hydrogen-bond donors (Lipinski definition) is 3. The fourth-order valence-corrected chi connectivity index (χ4v) is 1.85. The summed E-state index contributed by atoms with van der Waals surface area (Å²) in [5, 5.41) is 13.4. The third-order valence-electron chi connectivity index (χ3n) is 2.53. The summed E-state index contributed by atoms with van der Waals surface area (Å²) in [6.07, 6.45) is -4.62. The molecule has 1 rings (SSSR count). The first-order chi connectivity index (χ1) is 9.29. The average molecular weight is 356 g/mol. The molecule has 0 amide bonds. The molecule has 0 spiro atoms. The first kappa shape index (κ1) is 16.4. The van der Waals surface area contributed by atoms with E-state index in [2.05, 4.69) is 26.4 Å². The first-order valence-electron chi connectivity index (χ1n) is 5.41. The van der Waals surface area contributed by atoms with Crippen LogP contribution in [-0.4, -0.2) is 30.9 Å². The Kier molecular flexibility index (Phi) is 5.49. The van der Waals surface area contributed by atoms with Gasteiger partial charge in [-0.15, -0.1) is 0 Å². The lowest BCUT2D eigenvalue weighted by molar-refractivity contribution is -0.152. The highest BCUT2D eigenvalue weighted by atomic mass is 79.9. The summed E-state index contributed by atoms with van der Waals surface area (Å²) >= 11 is 3.21. The van der Waals surface area contributed by atoms with E-state index in [-0.39, 0.29) is 0 Å². The molecule has 0 fully saturated rings. The normalized spacial score (nSPS) is 13.9. The van der Waals surface area contributed by atoms with E-state index in [9.17, 15) is 13.2 Å². The molecule has 0 aromatic heterocycles. The number of anilines is 1. The average Bonchev–Trinajstić information content (AvgIpc) is 2.37. The van der Waals surface area contributed by atoms with Gasteiger partial charge in [0.2, 0.25) is 0 Å². The van der Waals surface area contributed by atoms with E-state index in [0.717, 1.165) is 0 Å². The first-order valence-corrected chi connectivity index (χ1v) is 6.20. The number of methoxy groups -OCH3 is 1. The molecule has 1 atom stereocenters. The predicted molar refractivity (Wildman–Crippen MR) is 72.1 cm³/mol. The fraction of sp³-hybridized carbons (Fsp3) is 0.364. The molecule has 0 saturated heterocycles. The van der Waals surface area contributed by atoms with Gasteiger partial charge in [0.05, 0.1) is 12.8 Å². The number of nitrogens with one attached hydrogen (secondary N) is 1. The third kappa shape index (κ3) is 4.19. The molecule has 0 radical (unpaired) electrons. The Bertz CT molecular complexity index is 494. The molecule has 0 bridgehead atoms. The number of benzene rings is 1. The van der Waals surface area contributed by atoms with Crippen molar-refractivity contribution in [3.63, 3.8) is 0 Å². The number of ether oxygens (including phenoxy) is 1. The quantitative estimate of drug-likeness (QED) is 0.328. The molecular weight excluding hydrogens is 343 g/mol. The second-order valence-electron chi connectivity index (χ2n) is 3.84. The molecule has 1 aromatic carbocycles. The highest BCUT2D eigenvalue weighted by Crippen LogP contribution is 2.31. The van der Waals surface area contributed by atoms with E-state index in [0.29, 0.717) is 15.9 Å². The maximum Gasteiger partial charge on any atom is 0.400 e. The number of nitrogens with two attached hydrogens (primary N) is 1. The van der Waals surface area contributed by atoms with Crippen molar-refractivity contribution in [1.29, 1.82) is 0 Å². The molecule has 0 aliphatic carbocycles. The zero-order chi connectivity index (χ0) is 15.3. The summed E-state index contributed by atoms with van der Waals surface area (Å²) in [7, 11) is 1.40. The van der Waals surface area contributed by atoms with Gasteiger partial charge in [-0.1, -0.05) is 21.1 Å². The van der Waals surface area contributed by atoms with Crippen molar-refractivity contribution in [2.45, 2.75) is 6.18 Å². The monoisotopic (exact) mass is 355 g/mol. The van der Waals surface area contributed by atoms with E-state index < -0.39 is 24.5 Å². The topological polar surface area (TPSA) is 79.9 Å². The largest absolute Gasteiger partial charge is 0.495 e. The summed E-state index contributed by atoms with van der Waals surface area (Å²) in [5.74, 6) is -2.62. The van der Waals surface area contributed by atoms with E-state index >= 15 is 0 Å². The number of amidine groups is 1. The second-order valence-corrected chi connectivity index (χ2v) is 4.76. The van der Waals surface area contributed by atoms with E-state index in [1.54, 1.807) is 18.2 Å². The van der Waals surface area contributed by atoms with Crippen LogP contribution in [0, 0.1) is 5.92 Å². The molecule has 1 unspecified atom stereocenters. The minimum Gasteiger partial charge on any atom is -0.495 e. The van der Waals surface area contributed by atoms with Gasteiger partial charge in [-0.2, -0.15) is 13.2 Å². The summed E-state index contributed by atoms with van der Waals surface area (Å²) < 4.78 is 44.0. The van der Waals surface area contributed by atoms with Crippen molar-refractivity contribution >= 4 is 27.5 Å². The van der Waals surface area contributed by atoms with Gasteiger partial charge in [0.1, 0.15) is 11.7 Å². The van der Waals surface area contributed by atoms with Crippen LogP contribution in [0.1, 0.15) is 0 Å². The number of alkyl halides is 3. The highest BCUT2D eigenvalue weighted by Gasteiger charge is 2.42. The number of nitrogens with zero attached hydrogens (tertiary/aromatic N) is 1. The summed E-state index contributed by atoms with van der Waals surface area (Å²) in [6.45, 7) is -0.577. The van der Waals surface area contributed by atoms with Crippen LogP contribution in [0.25, 0.3) is 0 Å². The lowest BCUT2D eigenvalue weighted by Gasteiger charge is -2.20. The Morgan fingerprint density at radius 1 is 1.55 bits per heavy atom. The van der Waals surface area contributed by atoms with E-state index in [1.807, 2.05) is 0 Å². The molecule has 0 aliphatic rings. The highest BCUT2D eigenvalue weighted by molar-refractivity contribution is 9.10. The molecule has 0 saturated carbocycles. The lowest BCUT2D eigenvalue weighted by Crippen LogP contribution is -2.40. The zero-order valence-corrected chi connectivity index (χ0v) is 12.0. The van der Waals surface area contributed by atoms with Crippen LogP contribution in [0.4, 0.5) is 18.9 Å². The van der Waals surface area contributed by atoms with Crippen LogP contribution >= 0.6 is 15.9 Å². The second kappa shape index (κ2) is 6.69. The maximum atomic E-state index is 12.8. The number of halogens is 4. The molecular formula is C11H13BrF3N3O2. The Labute approximate surface area is 121 Å². The van der Waals surface area contributed by atoms with Crippen LogP contribution in [0.5, 0.6) is 5.75 Å². The Morgan fingerprint density at radius 2 is 2.20 bits per heavy atom. The van der Waals surface area contributed by atoms with Crippen LogP contribution in [0.2, 0.25) is 0 Å². The van der Waals surface area contributed by atoms with Crippen molar-refractivity contribution in [2.24, 2.45) is 16.8 Å². The number of hydrogen-bond acceptors (Lipinski definition) is 4. The summed E-state index contributed by atoms with van der Waals surface area (Å²) in [4.78, 5) is 0. The van der Waals surface area contributed by atoms with Crippen LogP contribution in [-0.2, 0) is 0 Å². The summed E-state index contributed by atoms with van der Waals surface area (Å²) in [5.41, 5.74) is 5.43. The SMILES string of the molecule is COc1ccc(Br)cc1NCC(/C(N)=N/O)C(F)(F)F. The van der Waals surface area contributed by atoms with Gasteiger partial charge in [-0.05, 0) is 18.2 Å². The van der Waals surface area contributed by atoms with Crippen LogP contribution in [0.15, 0.2) is 27.8 Å². The minimum atomic E-state index is -4.62. The van der Waals surface area contributed by atoms with Crippen molar-refractivity contribution in [2.75, 3.05) is 19.0 Å². The zero-order valence-electron chi connectivity index (χ0n) is 10.4. The van der Waals surface area contributed by atoms with E-state index in [1.165, 1.54) is 7.11 Å². The molecule has 0 heterocycles. The number of oxime groups is 1. The standard InChI is InChI=1S/C11H13BrF3N3O2/c1-20-9-3-2-6(12)4-8(9)17-5-7(10(16)18-19)11(13,14)15/h2-4,7,17,19H,5H2,1H3,(H2,16,18). The Morgan fingerprint density at radius 3 is 2.70 bits per heavy atom. The van der Waals surface area contributed by atoms with Gasteiger partial charge in [-0.25, -0.2) is 0 Å². The predicted octanol–water partition coefficient (Wildman–Crippen LogP) is 2.79. The number of rotatable bonds is 5. The van der Waals surface area contributed by atoms with Crippen LogP contribution < -0.4 is 15.8 Å². The van der Waals surface area contributed by atoms with Crippen molar-refractivity contribution in [1.82, 2.24) is 0 Å². The third-order valence-corrected chi connectivity index (χ3v) is 3.02. The van der Waals surface area contributed by atoms with Gasteiger partial charge in [-0.3, -0.25) is 0 Å².